The number of morpholine rings is 1. The number of carbonyl (C=O) groups is 1. The largest absolute Gasteiger partial charge is 0.467 e. The lowest BCUT2D eigenvalue weighted by Crippen LogP contribution is -2.35. The van der Waals surface area contributed by atoms with E-state index in [1.807, 2.05) is 37.6 Å². The van der Waals surface area contributed by atoms with Crippen LogP contribution in [-0.2, 0) is 11.3 Å². The number of nitrogens with zero attached hydrogens (tertiary/aromatic N) is 3. The third-order valence-electron chi connectivity index (χ3n) is 4.42. The molecule has 1 amide bonds. The Bertz CT molecular complexity index is 716. The average Bonchev–Trinajstić information content (AvgIpc) is 3.19. The van der Waals surface area contributed by atoms with Gasteiger partial charge in [0.2, 0.25) is 0 Å². The fourth-order valence-corrected chi connectivity index (χ4v) is 3.08. The van der Waals surface area contributed by atoms with Gasteiger partial charge in [0.1, 0.15) is 12.0 Å². The third kappa shape index (κ3) is 4.49. The zero-order valence-corrected chi connectivity index (χ0v) is 15.1. The Morgan fingerprint density at radius 1 is 1.32 bits per heavy atom. The fourth-order valence-electron chi connectivity index (χ4n) is 3.08. The molecule has 3 heterocycles. The van der Waals surface area contributed by atoms with E-state index in [1.54, 1.807) is 0 Å². The Hall–Kier alpha value is -2.12. The summed E-state index contributed by atoms with van der Waals surface area (Å²) < 4.78 is 12.8. The van der Waals surface area contributed by atoms with Crippen molar-refractivity contribution in [2.75, 3.05) is 32.8 Å². The molecule has 0 saturated carbocycles. The Morgan fingerprint density at radius 2 is 2.08 bits per heavy atom. The van der Waals surface area contributed by atoms with E-state index < -0.39 is 0 Å². The van der Waals surface area contributed by atoms with Crippen molar-refractivity contribution in [1.82, 2.24) is 20.0 Å². The van der Waals surface area contributed by atoms with E-state index in [9.17, 15) is 4.79 Å². The molecule has 0 aliphatic carbocycles. The molecule has 2 aromatic rings. The van der Waals surface area contributed by atoms with Crippen molar-refractivity contribution in [1.29, 1.82) is 0 Å². The Kier molecular flexibility index (Phi) is 5.55. The summed E-state index contributed by atoms with van der Waals surface area (Å²) in [5.41, 5.74) is 2.64. The highest BCUT2D eigenvalue weighted by molar-refractivity contribution is 5.93. The molecular formula is C18H26N4O3. The second-order valence-electron chi connectivity index (χ2n) is 6.62. The van der Waals surface area contributed by atoms with Crippen LogP contribution in [0.25, 0.3) is 0 Å². The molecule has 2 aromatic heterocycles. The molecule has 1 fully saturated rings. The Balaban J connectivity index is 1.52. The quantitative estimate of drug-likeness (QED) is 0.865. The fraction of sp³-hybridized carbons (Fsp3) is 0.556. The van der Waals surface area contributed by atoms with Crippen molar-refractivity contribution in [2.45, 2.75) is 33.4 Å². The van der Waals surface area contributed by atoms with E-state index in [0.717, 1.165) is 43.5 Å². The number of ether oxygens (including phenoxy) is 1. The molecule has 1 N–H and O–H groups in total. The average molecular weight is 346 g/mol. The number of nitrogens with one attached hydrogen (secondary N) is 1. The van der Waals surface area contributed by atoms with Crippen molar-refractivity contribution < 1.29 is 13.9 Å². The summed E-state index contributed by atoms with van der Waals surface area (Å²) in [7, 11) is 0. The molecule has 25 heavy (non-hydrogen) atoms. The summed E-state index contributed by atoms with van der Waals surface area (Å²) in [4.78, 5) is 14.6. The molecule has 0 unspecified atom stereocenters. The zero-order chi connectivity index (χ0) is 17.8. The molecule has 7 nitrogen and oxygen atoms in total. The highest BCUT2D eigenvalue weighted by Crippen LogP contribution is 2.13. The molecule has 1 atom stereocenters. The lowest BCUT2D eigenvalue weighted by Gasteiger charge is -2.25. The molecule has 1 aliphatic rings. The number of hydrogen-bond acceptors (Lipinski definition) is 5. The van der Waals surface area contributed by atoms with Crippen molar-refractivity contribution >= 4 is 5.91 Å². The third-order valence-corrected chi connectivity index (χ3v) is 4.42. The topological polar surface area (TPSA) is 72.5 Å². The molecule has 0 bridgehead atoms. The number of furan rings is 1. The maximum absolute atomic E-state index is 12.3. The number of hydrogen-bond donors (Lipinski definition) is 1. The van der Waals surface area contributed by atoms with Crippen LogP contribution in [0.4, 0.5) is 0 Å². The standard InChI is InChI=1S/C18H26N4O3/c1-13-8-14(2)22(20-13)15(3)10-19-18(23)16-9-17(25-12-16)11-21-4-6-24-7-5-21/h8-9,12,15H,4-7,10-11H2,1-3H3,(H,19,23)/t15-/m0/s1. The minimum Gasteiger partial charge on any atom is -0.467 e. The number of carbonyl (C=O) groups excluding carboxylic acids is 1. The maximum atomic E-state index is 12.3. The summed E-state index contributed by atoms with van der Waals surface area (Å²) in [6.07, 6.45) is 1.53. The van der Waals surface area contributed by atoms with E-state index >= 15 is 0 Å². The van der Waals surface area contributed by atoms with Crippen LogP contribution in [0, 0.1) is 13.8 Å². The normalized spacial score (nSPS) is 16.8. The minimum absolute atomic E-state index is 0.0948. The Labute approximate surface area is 147 Å². The molecule has 0 aromatic carbocycles. The number of rotatable bonds is 6. The molecular weight excluding hydrogens is 320 g/mol. The van der Waals surface area contributed by atoms with Gasteiger partial charge >= 0.3 is 0 Å². The van der Waals surface area contributed by atoms with Crippen LogP contribution in [0.2, 0.25) is 0 Å². The second-order valence-corrected chi connectivity index (χ2v) is 6.62. The highest BCUT2D eigenvalue weighted by Gasteiger charge is 2.16. The van der Waals surface area contributed by atoms with Gasteiger partial charge < -0.3 is 14.5 Å². The molecule has 1 aliphatic heterocycles. The second kappa shape index (κ2) is 7.84. The maximum Gasteiger partial charge on any atom is 0.254 e. The van der Waals surface area contributed by atoms with E-state index in [0.29, 0.717) is 18.7 Å². The van der Waals surface area contributed by atoms with E-state index in [4.69, 9.17) is 9.15 Å². The zero-order valence-electron chi connectivity index (χ0n) is 15.1. The number of aromatic nitrogens is 2. The van der Waals surface area contributed by atoms with Gasteiger partial charge in [-0.2, -0.15) is 5.10 Å². The first kappa shape index (κ1) is 17.7. The van der Waals surface area contributed by atoms with Crippen molar-refractivity contribution in [3.63, 3.8) is 0 Å². The first-order valence-electron chi connectivity index (χ1n) is 8.71. The van der Waals surface area contributed by atoms with Crippen LogP contribution in [0.3, 0.4) is 0 Å². The number of amides is 1. The molecule has 3 rings (SSSR count). The number of aryl methyl sites for hydroxylation is 2. The highest BCUT2D eigenvalue weighted by atomic mass is 16.5. The van der Waals surface area contributed by atoms with E-state index in [2.05, 4.69) is 15.3 Å². The van der Waals surface area contributed by atoms with Crippen molar-refractivity contribution in [3.05, 3.63) is 41.1 Å². The molecule has 0 radical (unpaired) electrons. The first-order chi connectivity index (χ1) is 12.0. The van der Waals surface area contributed by atoms with Crippen LogP contribution < -0.4 is 5.32 Å². The van der Waals surface area contributed by atoms with Gasteiger partial charge in [0.05, 0.1) is 37.1 Å². The molecule has 0 spiro atoms. The lowest BCUT2D eigenvalue weighted by molar-refractivity contribution is 0.0313. The lowest BCUT2D eigenvalue weighted by atomic mass is 10.2. The summed E-state index contributed by atoms with van der Waals surface area (Å²) in [6, 6.07) is 3.95. The first-order valence-corrected chi connectivity index (χ1v) is 8.71. The van der Waals surface area contributed by atoms with Crippen LogP contribution in [-0.4, -0.2) is 53.4 Å². The summed E-state index contributed by atoms with van der Waals surface area (Å²) in [5, 5.41) is 7.42. The van der Waals surface area contributed by atoms with Gasteiger partial charge in [-0.25, -0.2) is 0 Å². The Morgan fingerprint density at radius 3 is 2.76 bits per heavy atom. The predicted molar refractivity (Wildman–Crippen MR) is 93.5 cm³/mol. The van der Waals surface area contributed by atoms with Gasteiger partial charge in [-0.15, -0.1) is 0 Å². The van der Waals surface area contributed by atoms with E-state index in [-0.39, 0.29) is 11.9 Å². The van der Waals surface area contributed by atoms with Gasteiger partial charge in [-0.1, -0.05) is 0 Å². The van der Waals surface area contributed by atoms with Gasteiger partial charge in [-0.3, -0.25) is 14.4 Å². The van der Waals surface area contributed by atoms with Crippen LogP contribution in [0.5, 0.6) is 0 Å². The predicted octanol–water partition coefficient (Wildman–Crippen LogP) is 1.92. The SMILES string of the molecule is Cc1cc(C)n([C@@H](C)CNC(=O)c2coc(CN3CCOCC3)c2)n1. The molecule has 7 heteroatoms. The molecule has 136 valence electrons. The van der Waals surface area contributed by atoms with E-state index in [1.165, 1.54) is 6.26 Å². The van der Waals surface area contributed by atoms with Gasteiger partial charge in [0.15, 0.2) is 0 Å². The van der Waals surface area contributed by atoms with Crippen molar-refractivity contribution in [3.8, 4) is 0 Å². The van der Waals surface area contributed by atoms with Crippen LogP contribution in [0.15, 0.2) is 22.8 Å². The van der Waals surface area contributed by atoms with Gasteiger partial charge in [-0.05, 0) is 32.9 Å². The smallest absolute Gasteiger partial charge is 0.254 e. The van der Waals surface area contributed by atoms with Gasteiger partial charge in [0, 0.05) is 25.3 Å². The monoisotopic (exact) mass is 346 g/mol. The van der Waals surface area contributed by atoms with Crippen LogP contribution in [0.1, 0.15) is 40.5 Å². The molecule has 1 saturated heterocycles. The minimum atomic E-state index is -0.120. The van der Waals surface area contributed by atoms with Gasteiger partial charge in [0.25, 0.3) is 5.91 Å². The summed E-state index contributed by atoms with van der Waals surface area (Å²) in [5.74, 6) is 0.684. The summed E-state index contributed by atoms with van der Waals surface area (Å²) in [6.45, 7) is 10.5. The summed E-state index contributed by atoms with van der Waals surface area (Å²) >= 11 is 0. The van der Waals surface area contributed by atoms with Crippen LogP contribution >= 0.6 is 0 Å². The van der Waals surface area contributed by atoms with Crippen molar-refractivity contribution in [2.24, 2.45) is 0 Å².